The van der Waals surface area contributed by atoms with E-state index in [2.05, 4.69) is 16.3 Å². The van der Waals surface area contributed by atoms with Gasteiger partial charge in [-0.15, -0.1) is 0 Å². The summed E-state index contributed by atoms with van der Waals surface area (Å²) in [5, 5.41) is 7.79. The predicted molar refractivity (Wildman–Crippen MR) is 90.7 cm³/mol. The molecule has 0 spiro atoms. The molecule has 2 aromatic rings. The third kappa shape index (κ3) is 2.71. The molecular formula is C16H19N3O4S. The summed E-state index contributed by atoms with van der Waals surface area (Å²) in [6.07, 6.45) is 1.09. The standard InChI is InChI=1S/C15H17N3O2S.CH2O2/c1-17-7-10-6-9(17)8-18(10)15(19)13-11-4-3-5-12(20-2)14(11)21-16-13;2-1-3/h3-5,9-10H,6-8H2,1-2H3;1H,(H,2,3)/t9-,10-;/m0./s1. The largest absolute Gasteiger partial charge is 0.495 e. The molecule has 1 aromatic carbocycles. The summed E-state index contributed by atoms with van der Waals surface area (Å²) >= 11 is 1.34. The van der Waals surface area contributed by atoms with Crippen molar-refractivity contribution in [2.24, 2.45) is 0 Å². The molecule has 4 rings (SSSR count). The SMILES string of the molecule is COc1cccc2c(C(=O)N3C[C@@H]4C[C@H]3CN4C)nsc12.O=CO. The smallest absolute Gasteiger partial charge is 0.290 e. The van der Waals surface area contributed by atoms with E-state index in [-0.39, 0.29) is 12.4 Å². The molecule has 0 aliphatic carbocycles. The zero-order valence-electron chi connectivity index (χ0n) is 13.5. The first-order valence-corrected chi connectivity index (χ1v) is 8.39. The Hall–Kier alpha value is -2.19. The van der Waals surface area contributed by atoms with E-state index in [0.717, 1.165) is 35.3 Å². The lowest BCUT2D eigenvalue weighted by Crippen LogP contribution is -2.47. The lowest BCUT2D eigenvalue weighted by Gasteiger charge is -2.31. The average molecular weight is 349 g/mol. The van der Waals surface area contributed by atoms with Crippen molar-refractivity contribution in [3.05, 3.63) is 23.9 Å². The minimum atomic E-state index is -0.250. The third-order valence-electron chi connectivity index (χ3n) is 4.66. The Bertz CT molecular complexity index is 761. The molecule has 0 unspecified atom stereocenters. The van der Waals surface area contributed by atoms with Crippen LogP contribution in [0.1, 0.15) is 16.9 Å². The molecule has 2 fully saturated rings. The van der Waals surface area contributed by atoms with Crippen molar-refractivity contribution in [2.45, 2.75) is 18.5 Å². The molecule has 1 aromatic heterocycles. The third-order valence-corrected chi connectivity index (χ3v) is 5.54. The van der Waals surface area contributed by atoms with Gasteiger partial charge in [-0.25, -0.2) is 0 Å². The van der Waals surface area contributed by atoms with Crippen LogP contribution in [0.4, 0.5) is 0 Å². The highest BCUT2D eigenvalue weighted by molar-refractivity contribution is 7.14. The fourth-order valence-electron chi connectivity index (χ4n) is 3.50. The van der Waals surface area contributed by atoms with Crippen LogP contribution in [0.3, 0.4) is 0 Å². The van der Waals surface area contributed by atoms with E-state index in [1.54, 1.807) is 7.11 Å². The van der Waals surface area contributed by atoms with Crippen LogP contribution in [-0.4, -0.2) is 71.0 Å². The lowest BCUT2D eigenvalue weighted by molar-refractivity contribution is -0.122. The maximum absolute atomic E-state index is 12.8. The van der Waals surface area contributed by atoms with Crippen LogP contribution >= 0.6 is 11.5 Å². The molecule has 128 valence electrons. The van der Waals surface area contributed by atoms with Crippen LogP contribution in [0, 0.1) is 0 Å². The van der Waals surface area contributed by atoms with Gasteiger partial charge in [0.15, 0.2) is 0 Å². The second kappa shape index (κ2) is 6.74. The summed E-state index contributed by atoms with van der Waals surface area (Å²) in [7, 11) is 3.78. The summed E-state index contributed by atoms with van der Waals surface area (Å²) in [5.41, 5.74) is 0.573. The van der Waals surface area contributed by atoms with Crippen LogP contribution in [0.5, 0.6) is 5.75 Å². The van der Waals surface area contributed by atoms with Crippen molar-refractivity contribution in [2.75, 3.05) is 27.2 Å². The highest BCUT2D eigenvalue weighted by Crippen LogP contribution is 2.35. The number of amides is 1. The fourth-order valence-corrected chi connectivity index (χ4v) is 4.37. The van der Waals surface area contributed by atoms with E-state index in [1.807, 2.05) is 23.1 Å². The number of rotatable bonds is 2. The number of nitrogens with zero attached hydrogens (tertiary/aromatic N) is 3. The Kier molecular flexibility index (Phi) is 4.68. The molecule has 3 heterocycles. The number of aromatic nitrogens is 1. The normalized spacial score (nSPS) is 22.3. The van der Waals surface area contributed by atoms with E-state index in [1.165, 1.54) is 11.5 Å². The number of likely N-dealkylation sites (N-methyl/N-ethyl adjacent to an activating group) is 1. The van der Waals surface area contributed by atoms with Crippen molar-refractivity contribution in [1.29, 1.82) is 0 Å². The number of benzene rings is 1. The van der Waals surface area contributed by atoms with Gasteiger partial charge in [0.05, 0.1) is 11.8 Å². The number of hydrogen-bond donors (Lipinski definition) is 1. The van der Waals surface area contributed by atoms with Crippen molar-refractivity contribution in [1.82, 2.24) is 14.2 Å². The van der Waals surface area contributed by atoms with Gasteiger partial charge in [0.2, 0.25) is 0 Å². The summed E-state index contributed by atoms with van der Waals surface area (Å²) in [4.78, 5) is 25.5. The minimum Gasteiger partial charge on any atom is -0.495 e. The van der Waals surface area contributed by atoms with Crippen molar-refractivity contribution < 1.29 is 19.4 Å². The first kappa shape index (κ1) is 16.7. The van der Waals surface area contributed by atoms with Crippen molar-refractivity contribution in [3.8, 4) is 5.75 Å². The first-order chi connectivity index (χ1) is 11.6. The molecule has 0 saturated carbocycles. The lowest BCUT2D eigenvalue weighted by atomic mass is 10.2. The maximum atomic E-state index is 12.8. The Morgan fingerprint density at radius 2 is 2.17 bits per heavy atom. The van der Waals surface area contributed by atoms with Crippen LogP contribution in [0.15, 0.2) is 18.2 Å². The number of carbonyl (C=O) groups excluding carboxylic acids is 1. The number of fused-ring (bicyclic) bond motifs is 3. The molecule has 8 heteroatoms. The molecule has 2 saturated heterocycles. The number of carboxylic acid groups (broad SMARTS) is 1. The Balaban J connectivity index is 0.000000526. The Labute approximate surface area is 143 Å². The van der Waals surface area contributed by atoms with E-state index < -0.39 is 0 Å². The van der Waals surface area contributed by atoms with Crippen LogP contribution in [0.25, 0.3) is 10.1 Å². The molecule has 2 aliphatic rings. The highest BCUT2D eigenvalue weighted by atomic mass is 32.1. The first-order valence-electron chi connectivity index (χ1n) is 7.62. The molecule has 2 bridgehead atoms. The monoisotopic (exact) mass is 349 g/mol. The van der Waals surface area contributed by atoms with Gasteiger partial charge in [0, 0.05) is 30.6 Å². The Morgan fingerprint density at radius 3 is 2.75 bits per heavy atom. The summed E-state index contributed by atoms with van der Waals surface area (Å²) in [6.45, 7) is 1.55. The van der Waals surface area contributed by atoms with E-state index in [9.17, 15) is 4.79 Å². The molecule has 24 heavy (non-hydrogen) atoms. The van der Waals surface area contributed by atoms with Crippen molar-refractivity contribution in [3.63, 3.8) is 0 Å². The van der Waals surface area contributed by atoms with Crippen LogP contribution < -0.4 is 4.74 Å². The number of ether oxygens (including phenoxy) is 1. The van der Waals surface area contributed by atoms with Gasteiger partial charge in [-0.1, -0.05) is 12.1 Å². The second-order valence-corrected chi connectivity index (χ2v) is 6.69. The average Bonchev–Trinajstić information content (AvgIpc) is 3.27. The van der Waals surface area contributed by atoms with Gasteiger partial charge in [-0.2, -0.15) is 4.37 Å². The topological polar surface area (TPSA) is 83.0 Å². The molecule has 7 nitrogen and oxygen atoms in total. The zero-order chi connectivity index (χ0) is 17.3. The number of likely N-dealkylation sites (tertiary alicyclic amines) is 2. The number of hydrogen-bond acceptors (Lipinski definition) is 6. The number of piperazine rings is 1. The van der Waals surface area contributed by atoms with Gasteiger partial charge in [0.25, 0.3) is 12.4 Å². The van der Waals surface area contributed by atoms with Gasteiger partial charge < -0.3 is 14.7 Å². The van der Waals surface area contributed by atoms with E-state index >= 15 is 0 Å². The molecular weight excluding hydrogens is 330 g/mol. The predicted octanol–water partition coefficient (Wildman–Crippen LogP) is 1.53. The zero-order valence-corrected chi connectivity index (χ0v) is 14.3. The molecule has 2 aliphatic heterocycles. The second-order valence-electron chi connectivity index (χ2n) is 5.91. The highest BCUT2D eigenvalue weighted by Gasteiger charge is 2.44. The summed E-state index contributed by atoms with van der Waals surface area (Å²) < 4.78 is 10.7. The maximum Gasteiger partial charge on any atom is 0.290 e. The van der Waals surface area contributed by atoms with E-state index in [4.69, 9.17) is 14.6 Å². The number of carbonyl (C=O) groups is 2. The van der Waals surface area contributed by atoms with Crippen LogP contribution in [0.2, 0.25) is 0 Å². The minimum absolute atomic E-state index is 0.0649. The van der Waals surface area contributed by atoms with Crippen LogP contribution in [-0.2, 0) is 4.79 Å². The number of methoxy groups -OCH3 is 1. The van der Waals surface area contributed by atoms with Gasteiger partial charge >= 0.3 is 0 Å². The van der Waals surface area contributed by atoms with Gasteiger partial charge in [0.1, 0.15) is 11.4 Å². The fraction of sp³-hybridized carbons (Fsp3) is 0.438. The van der Waals surface area contributed by atoms with E-state index in [0.29, 0.717) is 17.8 Å². The molecule has 0 radical (unpaired) electrons. The van der Waals surface area contributed by atoms with Crippen molar-refractivity contribution >= 4 is 34.0 Å². The van der Waals surface area contributed by atoms with Gasteiger partial charge in [-0.3, -0.25) is 14.5 Å². The quantitative estimate of drug-likeness (QED) is 0.828. The van der Waals surface area contributed by atoms with Gasteiger partial charge in [-0.05, 0) is 31.1 Å². The molecule has 2 atom stereocenters. The summed E-state index contributed by atoms with van der Waals surface area (Å²) in [6, 6.07) is 6.63. The Morgan fingerprint density at radius 1 is 1.42 bits per heavy atom. The molecule has 1 N–H and O–H groups in total. The molecule has 1 amide bonds. The summed E-state index contributed by atoms with van der Waals surface area (Å²) in [5.74, 6) is 0.849.